The third-order valence-corrected chi connectivity index (χ3v) is 6.69. The van der Waals surface area contributed by atoms with E-state index in [1.54, 1.807) is 30.7 Å². The molecule has 1 fully saturated rings. The Morgan fingerprint density at radius 1 is 1.21 bits per heavy atom. The van der Waals surface area contributed by atoms with Crippen LogP contribution >= 0.6 is 11.3 Å². The molecule has 1 N–H and O–H groups in total. The molecule has 2 aromatic rings. The summed E-state index contributed by atoms with van der Waals surface area (Å²) in [6.07, 6.45) is 5.94. The molecule has 0 aromatic carbocycles. The predicted octanol–water partition coefficient (Wildman–Crippen LogP) is 1.63. The highest BCUT2D eigenvalue weighted by Crippen LogP contribution is 2.34. The summed E-state index contributed by atoms with van der Waals surface area (Å²) in [5, 5.41) is 4.09. The van der Waals surface area contributed by atoms with Gasteiger partial charge in [-0.2, -0.15) is 0 Å². The summed E-state index contributed by atoms with van der Waals surface area (Å²) in [6, 6.07) is 3.83. The lowest BCUT2D eigenvalue weighted by atomic mass is 9.90. The SMILES string of the molecule is CC(=O)N1CCN(c2nc3c(s2)CC(C(=O)NCc2ccncc2)CC3)CC1. The molecule has 3 heterocycles. The molecule has 0 radical (unpaired) electrons. The highest BCUT2D eigenvalue weighted by Gasteiger charge is 2.29. The lowest BCUT2D eigenvalue weighted by Crippen LogP contribution is -2.48. The monoisotopic (exact) mass is 399 g/mol. The number of carbonyl (C=O) groups excluding carboxylic acids is 2. The van der Waals surface area contributed by atoms with Crippen LogP contribution in [0.3, 0.4) is 0 Å². The van der Waals surface area contributed by atoms with Gasteiger partial charge in [0.1, 0.15) is 0 Å². The van der Waals surface area contributed by atoms with E-state index in [4.69, 9.17) is 4.98 Å². The number of fused-ring (bicyclic) bond motifs is 1. The van der Waals surface area contributed by atoms with Crippen molar-refractivity contribution in [3.05, 3.63) is 40.7 Å². The largest absolute Gasteiger partial charge is 0.352 e. The number of anilines is 1. The van der Waals surface area contributed by atoms with E-state index in [9.17, 15) is 9.59 Å². The molecule has 1 atom stereocenters. The Hall–Kier alpha value is -2.48. The lowest BCUT2D eigenvalue weighted by Gasteiger charge is -2.33. The average Bonchev–Trinajstić information content (AvgIpc) is 3.16. The zero-order valence-corrected chi connectivity index (χ0v) is 16.9. The molecule has 4 rings (SSSR count). The summed E-state index contributed by atoms with van der Waals surface area (Å²) in [5.41, 5.74) is 2.21. The quantitative estimate of drug-likeness (QED) is 0.845. The second kappa shape index (κ2) is 8.26. The lowest BCUT2D eigenvalue weighted by molar-refractivity contribution is -0.129. The molecule has 0 spiro atoms. The van der Waals surface area contributed by atoms with Crippen LogP contribution in [0.2, 0.25) is 0 Å². The molecule has 2 amide bonds. The Morgan fingerprint density at radius 3 is 2.68 bits per heavy atom. The average molecular weight is 400 g/mol. The smallest absolute Gasteiger partial charge is 0.223 e. The fourth-order valence-electron chi connectivity index (χ4n) is 3.77. The normalized spacial score (nSPS) is 19.2. The fourth-order valence-corrected chi connectivity index (χ4v) is 5.01. The molecule has 1 aliphatic heterocycles. The second-order valence-electron chi connectivity index (χ2n) is 7.37. The third kappa shape index (κ3) is 4.16. The first-order valence-corrected chi connectivity index (χ1v) is 10.6. The van der Waals surface area contributed by atoms with Crippen molar-refractivity contribution in [2.45, 2.75) is 32.7 Å². The predicted molar refractivity (Wildman–Crippen MR) is 108 cm³/mol. The minimum absolute atomic E-state index is 0.0113. The summed E-state index contributed by atoms with van der Waals surface area (Å²) in [6.45, 7) is 5.31. The van der Waals surface area contributed by atoms with Gasteiger partial charge >= 0.3 is 0 Å². The first-order valence-electron chi connectivity index (χ1n) is 9.76. The molecule has 1 saturated heterocycles. The van der Waals surface area contributed by atoms with Gasteiger partial charge in [-0.3, -0.25) is 14.6 Å². The summed E-state index contributed by atoms with van der Waals surface area (Å²) in [4.78, 5) is 38.3. The van der Waals surface area contributed by atoms with E-state index in [2.05, 4.69) is 15.2 Å². The van der Waals surface area contributed by atoms with Gasteiger partial charge in [0.05, 0.1) is 5.69 Å². The van der Waals surface area contributed by atoms with E-state index in [-0.39, 0.29) is 17.7 Å². The van der Waals surface area contributed by atoms with Crippen molar-refractivity contribution >= 4 is 28.3 Å². The first-order chi connectivity index (χ1) is 13.6. The Balaban J connectivity index is 1.34. The van der Waals surface area contributed by atoms with Gasteiger partial charge < -0.3 is 15.1 Å². The maximum Gasteiger partial charge on any atom is 0.223 e. The molecule has 2 aliphatic rings. The van der Waals surface area contributed by atoms with Crippen LogP contribution in [0, 0.1) is 5.92 Å². The van der Waals surface area contributed by atoms with E-state index in [1.165, 1.54) is 4.88 Å². The number of nitrogens with zero attached hydrogens (tertiary/aromatic N) is 4. The van der Waals surface area contributed by atoms with Crippen molar-refractivity contribution < 1.29 is 9.59 Å². The van der Waals surface area contributed by atoms with Crippen LogP contribution in [0.15, 0.2) is 24.5 Å². The number of carbonyl (C=O) groups is 2. The number of nitrogens with one attached hydrogen (secondary N) is 1. The van der Waals surface area contributed by atoms with Gasteiger partial charge in [-0.1, -0.05) is 0 Å². The zero-order valence-electron chi connectivity index (χ0n) is 16.1. The van der Waals surface area contributed by atoms with Crippen LogP contribution in [0.1, 0.15) is 29.5 Å². The number of aromatic nitrogens is 2. The number of hydrogen-bond acceptors (Lipinski definition) is 6. The van der Waals surface area contributed by atoms with Gasteiger partial charge in [-0.15, -0.1) is 11.3 Å². The number of piperazine rings is 1. The van der Waals surface area contributed by atoms with Crippen LogP contribution in [-0.2, 0) is 29.0 Å². The molecule has 0 bridgehead atoms. The number of thiazole rings is 1. The van der Waals surface area contributed by atoms with E-state index < -0.39 is 0 Å². The number of amides is 2. The van der Waals surface area contributed by atoms with Crippen molar-refractivity contribution in [2.75, 3.05) is 31.1 Å². The van der Waals surface area contributed by atoms with E-state index in [0.29, 0.717) is 6.54 Å². The molecule has 2 aromatic heterocycles. The van der Waals surface area contributed by atoms with Gasteiger partial charge in [0, 0.05) is 62.8 Å². The Morgan fingerprint density at radius 2 is 1.96 bits per heavy atom. The van der Waals surface area contributed by atoms with Crippen LogP contribution in [0.4, 0.5) is 5.13 Å². The maximum atomic E-state index is 12.6. The van der Waals surface area contributed by atoms with Gasteiger partial charge in [0.25, 0.3) is 0 Å². The maximum absolute atomic E-state index is 12.6. The topological polar surface area (TPSA) is 78.4 Å². The molecular formula is C20H25N5O2S. The van der Waals surface area contributed by atoms with E-state index >= 15 is 0 Å². The van der Waals surface area contributed by atoms with Crippen LogP contribution in [-0.4, -0.2) is 52.9 Å². The molecule has 7 nitrogen and oxygen atoms in total. The highest BCUT2D eigenvalue weighted by molar-refractivity contribution is 7.15. The van der Waals surface area contributed by atoms with Gasteiger partial charge in [-0.25, -0.2) is 4.98 Å². The van der Waals surface area contributed by atoms with Crippen LogP contribution < -0.4 is 10.2 Å². The van der Waals surface area contributed by atoms with Crippen molar-refractivity contribution in [2.24, 2.45) is 5.92 Å². The minimum atomic E-state index is 0.0113. The Kier molecular flexibility index (Phi) is 5.57. The molecule has 1 unspecified atom stereocenters. The van der Waals surface area contributed by atoms with Crippen LogP contribution in [0.5, 0.6) is 0 Å². The number of hydrogen-bond donors (Lipinski definition) is 1. The van der Waals surface area contributed by atoms with Crippen molar-refractivity contribution in [3.8, 4) is 0 Å². The van der Waals surface area contributed by atoms with Gasteiger partial charge in [-0.05, 0) is 37.0 Å². The number of pyridine rings is 1. The third-order valence-electron chi connectivity index (χ3n) is 5.51. The first kappa shape index (κ1) is 18.9. The standard InChI is InChI=1S/C20H25N5O2S/c1-14(26)24-8-10-25(11-9-24)20-23-17-3-2-16(12-18(17)28-20)19(27)22-13-15-4-6-21-7-5-15/h4-7,16H,2-3,8-13H2,1H3,(H,22,27). The van der Waals surface area contributed by atoms with Crippen molar-refractivity contribution in [1.29, 1.82) is 0 Å². The summed E-state index contributed by atoms with van der Waals surface area (Å²) >= 11 is 1.71. The van der Waals surface area contributed by atoms with E-state index in [0.717, 1.165) is 61.8 Å². The summed E-state index contributed by atoms with van der Waals surface area (Å²) < 4.78 is 0. The Bertz CT molecular complexity index is 846. The number of aryl methyl sites for hydroxylation is 1. The Labute approximate surface area is 168 Å². The zero-order chi connectivity index (χ0) is 19.5. The number of rotatable bonds is 4. The van der Waals surface area contributed by atoms with Crippen LogP contribution in [0.25, 0.3) is 0 Å². The minimum Gasteiger partial charge on any atom is -0.352 e. The molecule has 0 saturated carbocycles. The van der Waals surface area contributed by atoms with Crippen molar-refractivity contribution in [1.82, 2.24) is 20.2 Å². The highest BCUT2D eigenvalue weighted by atomic mass is 32.1. The van der Waals surface area contributed by atoms with Crippen molar-refractivity contribution in [3.63, 3.8) is 0 Å². The van der Waals surface area contributed by atoms with Gasteiger partial charge in [0.2, 0.25) is 11.8 Å². The van der Waals surface area contributed by atoms with E-state index in [1.807, 2.05) is 17.0 Å². The fraction of sp³-hybridized carbons (Fsp3) is 0.500. The molecule has 28 heavy (non-hydrogen) atoms. The molecular weight excluding hydrogens is 374 g/mol. The second-order valence-corrected chi connectivity index (χ2v) is 8.43. The molecule has 148 valence electrons. The molecule has 1 aliphatic carbocycles. The van der Waals surface area contributed by atoms with Gasteiger partial charge in [0.15, 0.2) is 5.13 Å². The summed E-state index contributed by atoms with van der Waals surface area (Å²) in [5.74, 6) is 0.267. The summed E-state index contributed by atoms with van der Waals surface area (Å²) in [7, 11) is 0. The molecule has 8 heteroatoms.